The first-order valence-electron chi connectivity index (χ1n) is 10.7. The fourth-order valence-corrected chi connectivity index (χ4v) is 4.41. The van der Waals surface area contributed by atoms with Crippen molar-refractivity contribution in [1.29, 1.82) is 0 Å². The molecule has 2 saturated heterocycles. The summed E-state index contributed by atoms with van der Waals surface area (Å²) in [4.78, 5) is 19.5. The highest BCUT2D eigenvalue weighted by atomic mass is 35.5. The molecule has 0 aliphatic carbocycles. The van der Waals surface area contributed by atoms with E-state index in [0.717, 1.165) is 61.1 Å². The van der Waals surface area contributed by atoms with Gasteiger partial charge in [0.2, 0.25) is 5.91 Å². The number of piperidine rings is 1. The van der Waals surface area contributed by atoms with Gasteiger partial charge in [0, 0.05) is 56.3 Å². The molecule has 1 N–H and O–H groups in total. The summed E-state index contributed by atoms with van der Waals surface area (Å²) in [5, 5.41) is 8.10. The van der Waals surface area contributed by atoms with Gasteiger partial charge in [0.1, 0.15) is 0 Å². The highest BCUT2D eigenvalue weighted by Gasteiger charge is 2.23. The standard InChI is InChI=1S/C22H30ClN5O/c23-20-6-4-18(5-7-20)22-19(16-24-25-22)17-27-11-8-21(29)28(15-13-27)14-12-26-9-2-1-3-10-26/h4-7,16H,1-3,8-15,17H2,(H,24,25). The van der Waals surface area contributed by atoms with Gasteiger partial charge in [0.05, 0.1) is 11.9 Å². The van der Waals surface area contributed by atoms with Crippen molar-refractivity contribution in [3.8, 4) is 11.3 Å². The number of carbonyl (C=O) groups excluding carboxylic acids is 1. The zero-order valence-electron chi connectivity index (χ0n) is 16.9. The molecule has 2 aromatic rings. The molecule has 0 saturated carbocycles. The van der Waals surface area contributed by atoms with E-state index in [0.29, 0.717) is 6.42 Å². The minimum atomic E-state index is 0.287. The van der Waals surface area contributed by atoms with Crippen LogP contribution < -0.4 is 0 Å². The van der Waals surface area contributed by atoms with Crippen LogP contribution in [0.5, 0.6) is 0 Å². The van der Waals surface area contributed by atoms with E-state index in [2.05, 4.69) is 24.9 Å². The highest BCUT2D eigenvalue weighted by Crippen LogP contribution is 2.24. The second kappa shape index (κ2) is 9.74. The summed E-state index contributed by atoms with van der Waals surface area (Å²) in [6.07, 6.45) is 6.42. The van der Waals surface area contributed by atoms with Gasteiger partial charge < -0.3 is 9.80 Å². The predicted octanol–water partition coefficient (Wildman–Crippen LogP) is 3.25. The minimum Gasteiger partial charge on any atom is -0.340 e. The minimum absolute atomic E-state index is 0.287. The topological polar surface area (TPSA) is 55.5 Å². The van der Waals surface area contributed by atoms with Crippen LogP contribution in [0.2, 0.25) is 5.02 Å². The van der Waals surface area contributed by atoms with Gasteiger partial charge in [0.15, 0.2) is 0 Å². The number of nitrogens with zero attached hydrogens (tertiary/aromatic N) is 4. The quantitative estimate of drug-likeness (QED) is 0.786. The number of amides is 1. The first kappa shape index (κ1) is 20.4. The van der Waals surface area contributed by atoms with Crippen molar-refractivity contribution in [1.82, 2.24) is 24.9 Å². The number of hydrogen-bond acceptors (Lipinski definition) is 4. The van der Waals surface area contributed by atoms with E-state index in [1.165, 1.54) is 32.4 Å². The maximum Gasteiger partial charge on any atom is 0.223 e. The molecule has 0 radical (unpaired) electrons. The lowest BCUT2D eigenvalue weighted by atomic mass is 10.1. The maximum absolute atomic E-state index is 12.6. The van der Waals surface area contributed by atoms with Crippen LogP contribution in [0.25, 0.3) is 11.3 Å². The van der Waals surface area contributed by atoms with Crippen LogP contribution >= 0.6 is 11.6 Å². The molecule has 1 aromatic carbocycles. The van der Waals surface area contributed by atoms with E-state index in [-0.39, 0.29) is 5.91 Å². The first-order chi connectivity index (χ1) is 14.2. The van der Waals surface area contributed by atoms with Crippen molar-refractivity contribution in [2.24, 2.45) is 0 Å². The Balaban J connectivity index is 1.33. The third-order valence-electron chi connectivity index (χ3n) is 6.06. The molecule has 0 unspecified atom stereocenters. The Morgan fingerprint density at radius 1 is 0.931 bits per heavy atom. The van der Waals surface area contributed by atoms with E-state index in [1.807, 2.05) is 30.5 Å². The highest BCUT2D eigenvalue weighted by molar-refractivity contribution is 6.30. The summed E-state index contributed by atoms with van der Waals surface area (Å²) in [5.74, 6) is 0.287. The molecule has 7 heteroatoms. The van der Waals surface area contributed by atoms with Gasteiger partial charge in [-0.1, -0.05) is 30.2 Å². The number of nitrogens with one attached hydrogen (secondary N) is 1. The number of benzene rings is 1. The Kier molecular flexibility index (Phi) is 6.85. The van der Waals surface area contributed by atoms with E-state index in [1.54, 1.807) is 0 Å². The van der Waals surface area contributed by atoms with Gasteiger partial charge in [-0.25, -0.2) is 0 Å². The van der Waals surface area contributed by atoms with Gasteiger partial charge >= 0.3 is 0 Å². The zero-order chi connectivity index (χ0) is 20.1. The lowest BCUT2D eigenvalue weighted by Gasteiger charge is -2.29. The van der Waals surface area contributed by atoms with E-state index >= 15 is 0 Å². The zero-order valence-corrected chi connectivity index (χ0v) is 17.7. The van der Waals surface area contributed by atoms with Crippen LogP contribution in [0.4, 0.5) is 0 Å². The number of halogens is 1. The molecule has 0 atom stereocenters. The lowest BCUT2D eigenvalue weighted by Crippen LogP contribution is -2.41. The van der Waals surface area contributed by atoms with Crippen molar-refractivity contribution < 1.29 is 4.79 Å². The van der Waals surface area contributed by atoms with Crippen LogP contribution in [-0.2, 0) is 11.3 Å². The van der Waals surface area contributed by atoms with E-state index < -0.39 is 0 Å². The fourth-order valence-electron chi connectivity index (χ4n) is 4.29. The Hall–Kier alpha value is -1.89. The molecule has 1 aromatic heterocycles. The second-order valence-corrected chi connectivity index (χ2v) is 8.52. The average molecular weight is 416 g/mol. The first-order valence-corrected chi connectivity index (χ1v) is 11.1. The molecular weight excluding hydrogens is 386 g/mol. The summed E-state index contributed by atoms with van der Waals surface area (Å²) in [7, 11) is 0. The molecular formula is C22H30ClN5O. The summed E-state index contributed by atoms with van der Waals surface area (Å²) < 4.78 is 0. The third-order valence-corrected chi connectivity index (χ3v) is 6.31. The SMILES string of the molecule is O=C1CCN(Cc2cn[nH]c2-c2ccc(Cl)cc2)CCN1CCN1CCCCC1. The summed E-state index contributed by atoms with van der Waals surface area (Å²) in [5.41, 5.74) is 3.26. The van der Waals surface area contributed by atoms with Crippen LogP contribution in [-0.4, -0.2) is 76.6 Å². The number of aromatic nitrogens is 2. The van der Waals surface area contributed by atoms with Crippen molar-refractivity contribution in [2.45, 2.75) is 32.2 Å². The molecule has 0 spiro atoms. The van der Waals surface area contributed by atoms with Crippen LogP contribution in [0.3, 0.4) is 0 Å². The molecule has 0 bridgehead atoms. The van der Waals surface area contributed by atoms with Gasteiger partial charge in [-0.2, -0.15) is 5.10 Å². The van der Waals surface area contributed by atoms with Gasteiger partial charge in [-0.3, -0.25) is 14.8 Å². The van der Waals surface area contributed by atoms with Crippen molar-refractivity contribution in [3.05, 3.63) is 41.0 Å². The van der Waals surface area contributed by atoms with Gasteiger partial charge in [0.25, 0.3) is 0 Å². The lowest BCUT2D eigenvalue weighted by molar-refractivity contribution is -0.130. The molecule has 6 nitrogen and oxygen atoms in total. The number of rotatable bonds is 6. The van der Waals surface area contributed by atoms with Gasteiger partial charge in [-0.15, -0.1) is 0 Å². The molecule has 2 aliphatic heterocycles. The van der Waals surface area contributed by atoms with E-state index in [4.69, 9.17) is 11.6 Å². The second-order valence-electron chi connectivity index (χ2n) is 8.09. The van der Waals surface area contributed by atoms with Crippen molar-refractivity contribution >= 4 is 17.5 Å². The van der Waals surface area contributed by atoms with E-state index in [9.17, 15) is 4.79 Å². The van der Waals surface area contributed by atoms with Gasteiger partial charge in [-0.05, 0) is 43.6 Å². The van der Waals surface area contributed by atoms with Crippen molar-refractivity contribution in [2.75, 3.05) is 45.8 Å². The predicted molar refractivity (Wildman–Crippen MR) is 116 cm³/mol. The van der Waals surface area contributed by atoms with Crippen LogP contribution in [0.1, 0.15) is 31.2 Å². The van der Waals surface area contributed by atoms with Crippen LogP contribution in [0, 0.1) is 0 Å². The molecule has 2 fully saturated rings. The molecule has 4 rings (SSSR count). The largest absolute Gasteiger partial charge is 0.340 e. The monoisotopic (exact) mass is 415 g/mol. The summed E-state index contributed by atoms with van der Waals surface area (Å²) in [6.45, 7) is 7.52. The number of hydrogen-bond donors (Lipinski definition) is 1. The molecule has 3 heterocycles. The Labute approximate surface area is 177 Å². The number of aromatic amines is 1. The molecule has 2 aliphatic rings. The normalized spacial score (nSPS) is 19.5. The Morgan fingerprint density at radius 3 is 2.52 bits per heavy atom. The smallest absolute Gasteiger partial charge is 0.223 e. The number of carbonyl (C=O) groups is 1. The summed E-state index contributed by atoms with van der Waals surface area (Å²) >= 11 is 6.02. The molecule has 29 heavy (non-hydrogen) atoms. The fraction of sp³-hybridized carbons (Fsp3) is 0.545. The Bertz CT molecular complexity index is 800. The maximum atomic E-state index is 12.6. The molecule has 1 amide bonds. The molecule has 156 valence electrons. The van der Waals surface area contributed by atoms with Crippen LogP contribution in [0.15, 0.2) is 30.5 Å². The summed E-state index contributed by atoms with van der Waals surface area (Å²) in [6, 6.07) is 7.81. The number of H-pyrrole nitrogens is 1. The third kappa shape index (κ3) is 5.38. The Morgan fingerprint density at radius 2 is 1.72 bits per heavy atom. The van der Waals surface area contributed by atoms with Crippen molar-refractivity contribution in [3.63, 3.8) is 0 Å². The number of likely N-dealkylation sites (tertiary alicyclic amines) is 1. The average Bonchev–Trinajstić information content (AvgIpc) is 3.13.